The molecule has 1 aromatic rings. The van der Waals surface area contributed by atoms with Crippen LogP contribution in [0.25, 0.3) is 0 Å². The molecule has 0 aliphatic rings. The third-order valence-corrected chi connectivity index (χ3v) is 1.90. The first-order valence-corrected chi connectivity index (χ1v) is 4.86. The van der Waals surface area contributed by atoms with Gasteiger partial charge in [-0.25, -0.2) is 0 Å². The summed E-state index contributed by atoms with van der Waals surface area (Å²) in [6, 6.07) is 9.38. The minimum Gasteiger partial charge on any atom is -0.490 e. The quantitative estimate of drug-likeness (QED) is 0.552. The maximum absolute atomic E-state index is 8.72. The highest BCUT2D eigenvalue weighted by molar-refractivity contribution is 5.32. The molecule has 0 saturated carbocycles. The van der Waals surface area contributed by atoms with Crippen molar-refractivity contribution in [3.05, 3.63) is 72.5 Å². The highest BCUT2D eigenvalue weighted by atomic mass is 16.5. The summed E-state index contributed by atoms with van der Waals surface area (Å²) in [7, 11) is 0. The van der Waals surface area contributed by atoms with Gasteiger partial charge in [0.15, 0.2) is 0 Å². The number of nitriles is 1. The molecular formula is C14H13NO. The van der Waals surface area contributed by atoms with Crippen LogP contribution in [0.2, 0.25) is 0 Å². The van der Waals surface area contributed by atoms with E-state index in [9.17, 15) is 0 Å². The van der Waals surface area contributed by atoms with Gasteiger partial charge in [0, 0.05) is 0 Å². The van der Waals surface area contributed by atoms with Crippen LogP contribution in [0.4, 0.5) is 0 Å². The third-order valence-electron chi connectivity index (χ3n) is 1.90. The molecule has 0 spiro atoms. The fraction of sp³-hybridized carbons (Fsp3) is 0.0714. The predicted octanol–water partition coefficient (Wildman–Crippen LogP) is 3.33. The summed E-state index contributed by atoms with van der Waals surface area (Å²) in [4.78, 5) is 0. The van der Waals surface area contributed by atoms with Gasteiger partial charge in [-0.2, -0.15) is 5.26 Å². The molecule has 0 atom stereocenters. The number of hydrogen-bond acceptors (Lipinski definition) is 2. The Morgan fingerprint density at radius 1 is 1.50 bits per heavy atom. The fourth-order valence-corrected chi connectivity index (χ4v) is 1.13. The Bertz CT molecular complexity index is 452. The van der Waals surface area contributed by atoms with Crippen LogP contribution in [0.1, 0.15) is 11.1 Å². The van der Waals surface area contributed by atoms with Crippen molar-refractivity contribution in [2.24, 2.45) is 0 Å². The Balaban J connectivity index is 2.55. The molecule has 2 heteroatoms. The molecule has 16 heavy (non-hydrogen) atoms. The lowest BCUT2D eigenvalue weighted by molar-refractivity contribution is 0.212. The van der Waals surface area contributed by atoms with Crippen LogP contribution in [0, 0.1) is 11.3 Å². The summed E-state index contributed by atoms with van der Waals surface area (Å²) < 4.78 is 5.39. The topological polar surface area (TPSA) is 33.0 Å². The monoisotopic (exact) mass is 211 g/mol. The van der Waals surface area contributed by atoms with Crippen LogP contribution in [-0.4, -0.2) is 0 Å². The van der Waals surface area contributed by atoms with Crippen molar-refractivity contribution < 1.29 is 4.74 Å². The Morgan fingerprint density at radius 2 is 2.31 bits per heavy atom. The van der Waals surface area contributed by atoms with E-state index in [2.05, 4.69) is 19.2 Å². The largest absolute Gasteiger partial charge is 0.490 e. The molecule has 0 saturated heterocycles. The number of hydrogen-bond donors (Lipinski definition) is 0. The smallest absolute Gasteiger partial charge is 0.113 e. The number of ether oxygens (including phenoxy) is 1. The lowest BCUT2D eigenvalue weighted by atomic mass is 10.1. The molecule has 0 unspecified atom stereocenters. The summed E-state index contributed by atoms with van der Waals surface area (Å²) in [6.45, 7) is 7.69. The third kappa shape index (κ3) is 3.85. The molecule has 0 bridgehead atoms. The number of rotatable bonds is 5. The van der Waals surface area contributed by atoms with E-state index >= 15 is 0 Å². The SMILES string of the molecule is C=C/C=C\C(=C)OCc1cccc(C#N)c1. The zero-order valence-electron chi connectivity index (χ0n) is 9.02. The molecule has 0 aliphatic carbocycles. The second-order valence-electron chi connectivity index (χ2n) is 3.16. The summed E-state index contributed by atoms with van der Waals surface area (Å²) in [5, 5.41) is 8.72. The first kappa shape index (κ1) is 11.8. The zero-order valence-corrected chi connectivity index (χ0v) is 9.02. The van der Waals surface area contributed by atoms with Gasteiger partial charge in [0.05, 0.1) is 11.6 Å². The minimum atomic E-state index is 0.413. The molecule has 1 aromatic carbocycles. The molecule has 0 aliphatic heterocycles. The van der Waals surface area contributed by atoms with E-state index in [1.54, 1.807) is 30.4 Å². The maximum atomic E-state index is 8.72. The van der Waals surface area contributed by atoms with Crippen molar-refractivity contribution in [2.75, 3.05) is 0 Å². The number of nitrogens with zero attached hydrogens (tertiary/aromatic N) is 1. The minimum absolute atomic E-state index is 0.413. The van der Waals surface area contributed by atoms with Crippen molar-refractivity contribution in [3.8, 4) is 6.07 Å². The van der Waals surface area contributed by atoms with Gasteiger partial charge in [-0.1, -0.05) is 37.4 Å². The molecule has 80 valence electrons. The maximum Gasteiger partial charge on any atom is 0.113 e. The molecule has 1 rings (SSSR count). The van der Waals surface area contributed by atoms with Gasteiger partial charge in [0.25, 0.3) is 0 Å². The molecule has 0 N–H and O–H groups in total. The fourth-order valence-electron chi connectivity index (χ4n) is 1.13. The van der Waals surface area contributed by atoms with Gasteiger partial charge in [0.2, 0.25) is 0 Å². The van der Waals surface area contributed by atoms with Crippen LogP contribution in [0.5, 0.6) is 0 Å². The molecule has 0 fully saturated rings. The Hall–Kier alpha value is -2.27. The van der Waals surface area contributed by atoms with Crippen molar-refractivity contribution in [2.45, 2.75) is 6.61 Å². The normalized spacial score (nSPS) is 9.69. The molecule has 0 radical (unpaired) electrons. The Morgan fingerprint density at radius 3 is 3.00 bits per heavy atom. The zero-order chi connectivity index (χ0) is 11.8. The van der Waals surface area contributed by atoms with E-state index in [1.165, 1.54) is 0 Å². The van der Waals surface area contributed by atoms with Crippen molar-refractivity contribution in [3.63, 3.8) is 0 Å². The van der Waals surface area contributed by atoms with Crippen LogP contribution in [0.3, 0.4) is 0 Å². The summed E-state index contributed by atoms with van der Waals surface area (Å²) >= 11 is 0. The number of allylic oxidation sites excluding steroid dienone is 3. The lowest BCUT2D eigenvalue weighted by Gasteiger charge is -2.05. The first-order chi connectivity index (χ1) is 7.76. The van der Waals surface area contributed by atoms with E-state index in [0.717, 1.165) is 5.56 Å². The molecule has 0 amide bonds. The average molecular weight is 211 g/mol. The van der Waals surface area contributed by atoms with Gasteiger partial charge in [-0.15, -0.1) is 0 Å². The van der Waals surface area contributed by atoms with Crippen LogP contribution in [-0.2, 0) is 11.3 Å². The summed E-state index contributed by atoms with van der Waals surface area (Å²) in [6.07, 6.45) is 5.15. The second kappa shape index (κ2) is 6.26. The van der Waals surface area contributed by atoms with Gasteiger partial charge in [-0.3, -0.25) is 0 Å². The van der Waals surface area contributed by atoms with E-state index in [1.807, 2.05) is 12.1 Å². The lowest BCUT2D eigenvalue weighted by Crippen LogP contribution is -1.91. The van der Waals surface area contributed by atoms with Gasteiger partial charge < -0.3 is 4.74 Å². The van der Waals surface area contributed by atoms with Gasteiger partial charge in [0.1, 0.15) is 12.4 Å². The van der Waals surface area contributed by atoms with Crippen molar-refractivity contribution >= 4 is 0 Å². The molecular weight excluding hydrogens is 198 g/mol. The van der Waals surface area contributed by atoms with Crippen LogP contribution in [0.15, 0.2) is 61.4 Å². The average Bonchev–Trinajstić information content (AvgIpc) is 2.34. The molecule has 0 heterocycles. The summed E-state index contributed by atoms with van der Waals surface area (Å²) in [5.41, 5.74) is 1.58. The highest BCUT2D eigenvalue weighted by Crippen LogP contribution is 2.08. The van der Waals surface area contributed by atoms with Crippen molar-refractivity contribution in [1.82, 2.24) is 0 Å². The number of benzene rings is 1. The van der Waals surface area contributed by atoms with Gasteiger partial charge in [-0.05, 0) is 23.8 Å². The van der Waals surface area contributed by atoms with Crippen molar-refractivity contribution in [1.29, 1.82) is 5.26 Å². The Kier molecular flexibility index (Phi) is 4.62. The van der Waals surface area contributed by atoms with E-state index in [0.29, 0.717) is 17.9 Å². The van der Waals surface area contributed by atoms with E-state index < -0.39 is 0 Å². The Labute approximate surface area is 95.8 Å². The van der Waals surface area contributed by atoms with Gasteiger partial charge >= 0.3 is 0 Å². The standard InChI is InChI=1S/C14H13NO/c1-3-4-6-12(2)16-11-14-8-5-7-13(9-14)10-15/h3-9H,1-2,11H2/b6-4-. The first-order valence-electron chi connectivity index (χ1n) is 4.86. The van der Waals surface area contributed by atoms with E-state index in [4.69, 9.17) is 10.00 Å². The second-order valence-corrected chi connectivity index (χ2v) is 3.16. The van der Waals surface area contributed by atoms with Crippen LogP contribution < -0.4 is 0 Å². The summed E-state index contributed by atoms with van der Waals surface area (Å²) in [5.74, 6) is 0.572. The molecule has 2 nitrogen and oxygen atoms in total. The highest BCUT2D eigenvalue weighted by Gasteiger charge is 1.96. The predicted molar refractivity (Wildman–Crippen MR) is 64.4 cm³/mol. The van der Waals surface area contributed by atoms with E-state index in [-0.39, 0.29) is 0 Å². The molecule has 0 aromatic heterocycles. The van der Waals surface area contributed by atoms with Crippen LogP contribution >= 0.6 is 0 Å².